The fourth-order valence-electron chi connectivity index (χ4n) is 4.80. The smallest absolute Gasteiger partial charge is 0.226 e. The topological polar surface area (TPSA) is 78.3 Å². The molecule has 176 valence electrons. The molecule has 0 saturated carbocycles. The second-order valence-corrected chi connectivity index (χ2v) is 9.85. The van der Waals surface area contributed by atoms with Crippen LogP contribution < -0.4 is 14.8 Å². The molecule has 7 nitrogen and oxygen atoms in total. The van der Waals surface area contributed by atoms with Gasteiger partial charge in [-0.05, 0) is 48.6 Å². The Labute approximate surface area is 203 Å². The average molecular weight is 479 g/mol. The highest BCUT2D eigenvalue weighted by molar-refractivity contribution is 6.30. The van der Waals surface area contributed by atoms with E-state index < -0.39 is 6.04 Å². The zero-order valence-corrected chi connectivity index (χ0v) is 20.4. The largest absolute Gasteiger partial charge is 0.493 e. The maximum atomic E-state index is 13.5. The molecule has 2 aliphatic rings. The summed E-state index contributed by atoms with van der Waals surface area (Å²) in [5.41, 5.74) is 3.18. The van der Waals surface area contributed by atoms with Crippen LogP contribution in [0.3, 0.4) is 0 Å². The van der Waals surface area contributed by atoms with E-state index in [0.717, 1.165) is 28.8 Å². The number of carbonyl (C=O) groups is 1. The van der Waals surface area contributed by atoms with Gasteiger partial charge in [0.05, 0.1) is 13.7 Å². The van der Waals surface area contributed by atoms with Crippen LogP contribution in [0.25, 0.3) is 11.4 Å². The SMILES string of the molecule is CCOc1ccc([C@H]2C3=C(CC(C)(C)CC3=O)Nc3nc(-c4cccc(Cl)c4)nn32)cc1OC. The van der Waals surface area contributed by atoms with E-state index in [1.165, 1.54) is 0 Å². The van der Waals surface area contributed by atoms with Gasteiger partial charge in [0.25, 0.3) is 0 Å². The summed E-state index contributed by atoms with van der Waals surface area (Å²) in [5, 5.41) is 8.84. The number of fused-ring (bicyclic) bond motifs is 1. The Morgan fingerprint density at radius 1 is 1.18 bits per heavy atom. The minimum absolute atomic E-state index is 0.113. The van der Waals surface area contributed by atoms with Crippen molar-refractivity contribution < 1.29 is 14.3 Å². The van der Waals surface area contributed by atoms with Gasteiger partial charge in [-0.25, -0.2) is 4.68 Å². The number of Topliss-reactive ketones (excluding diaryl/α,β-unsaturated/α-hetero) is 1. The highest BCUT2D eigenvalue weighted by Crippen LogP contribution is 2.46. The van der Waals surface area contributed by atoms with Crippen LogP contribution in [0.5, 0.6) is 11.5 Å². The standard InChI is InChI=1S/C26H27ClN4O3/c1-5-34-20-10-9-15(12-21(20)33-4)23-22-18(13-26(2,3)14-19(22)32)28-25-29-24(30-31(23)25)16-7-6-8-17(27)11-16/h6-12,23H,5,13-14H2,1-4H3,(H,28,29,30)/t23-/m0/s1. The zero-order chi connectivity index (χ0) is 24.0. The van der Waals surface area contributed by atoms with Gasteiger partial charge < -0.3 is 14.8 Å². The van der Waals surface area contributed by atoms with Crippen LogP contribution in [-0.4, -0.2) is 34.3 Å². The van der Waals surface area contributed by atoms with Crippen molar-refractivity contribution in [2.75, 3.05) is 19.0 Å². The second-order valence-electron chi connectivity index (χ2n) is 9.42. The maximum Gasteiger partial charge on any atom is 0.226 e. The van der Waals surface area contributed by atoms with E-state index in [1.54, 1.807) is 11.8 Å². The van der Waals surface area contributed by atoms with Crippen LogP contribution in [-0.2, 0) is 4.79 Å². The molecular weight excluding hydrogens is 452 g/mol. The first kappa shape index (κ1) is 22.5. The quantitative estimate of drug-likeness (QED) is 0.509. The number of carbonyl (C=O) groups excluding carboxylic acids is 1. The van der Waals surface area contributed by atoms with Crippen molar-refractivity contribution in [3.05, 3.63) is 64.3 Å². The summed E-state index contributed by atoms with van der Waals surface area (Å²) in [4.78, 5) is 18.2. The number of halogens is 1. The molecule has 1 aliphatic carbocycles. The molecule has 1 aliphatic heterocycles. The number of hydrogen-bond donors (Lipinski definition) is 1. The molecule has 0 fully saturated rings. The second kappa shape index (κ2) is 8.47. The van der Waals surface area contributed by atoms with Crippen LogP contribution in [0.1, 0.15) is 45.2 Å². The molecule has 0 bridgehead atoms. The summed E-state index contributed by atoms with van der Waals surface area (Å²) in [5.74, 6) is 2.52. The van der Waals surface area contributed by atoms with Gasteiger partial charge in [0.2, 0.25) is 5.95 Å². The maximum absolute atomic E-state index is 13.5. The normalized spacial score (nSPS) is 18.7. The first-order chi connectivity index (χ1) is 16.3. The number of hydrogen-bond acceptors (Lipinski definition) is 6. The minimum atomic E-state index is -0.431. The lowest BCUT2D eigenvalue weighted by Gasteiger charge is -2.38. The van der Waals surface area contributed by atoms with Crippen LogP contribution in [0.2, 0.25) is 5.02 Å². The first-order valence-corrected chi connectivity index (χ1v) is 11.7. The molecule has 0 saturated heterocycles. The van der Waals surface area contributed by atoms with Crippen LogP contribution in [0.15, 0.2) is 53.7 Å². The lowest BCUT2D eigenvalue weighted by molar-refractivity contribution is -0.118. The Morgan fingerprint density at radius 2 is 2.00 bits per heavy atom. The van der Waals surface area contributed by atoms with Gasteiger partial charge in [0, 0.05) is 28.3 Å². The monoisotopic (exact) mass is 478 g/mol. The fourth-order valence-corrected chi connectivity index (χ4v) is 4.99. The highest BCUT2D eigenvalue weighted by Gasteiger charge is 2.42. The van der Waals surface area contributed by atoms with Crippen LogP contribution >= 0.6 is 11.6 Å². The number of methoxy groups -OCH3 is 1. The number of rotatable bonds is 5. The molecule has 1 N–H and O–H groups in total. The summed E-state index contributed by atoms with van der Waals surface area (Å²) >= 11 is 6.21. The molecule has 0 unspecified atom stereocenters. The Bertz CT molecular complexity index is 1310. The number of anilines is 1. The van der Waals surface area contributed by atoms with E-state index in [0.29, 0.717) is 41.3 Å². The third kappa shape index (κ3) is 3.94. The summed E-state index contributed by atoms with van der Waals surface area (Å²) in [7, 11) is 1.61. The predicted molar refractivity (Wildman–Crippen MR) is 131 cm³/mol. The van der Waals surface area contributed by atoms with Gasteiger partial charge in [-0.1, -0.05) is 43.6 Å². The van der Waals surface area contributed by atoms with Crippen molar-refractivity contribution >= 4 is 23.3 Å². The van der Waals surface area contributed by atoms with Gasteiger partial charge >= 0.3 is 0 Å². The summed E-state index contributed by atoms with van der Waals surface area (Å²) in [6.45, 7) is 6.69. The molecule has 2 aromatic carbocycles. The molecule has 0 radical (unpaired) electrons. The Morgan fingerprint density at radius 3 is 2.74 bits per heavy atom. The number of ether oxygens (including phenoxy) is 2. The van der Waals surface area contributed by atoms with E-state index in [4.69, 9.17) is 31.2 Å². The zero-order valence-electron chi connectivity index (χ0n) is 19.7. The molecule has 1 aromatic heterocycles. The summed E-state index contributed by atoms with van der Waals surface area (Å²) in [6.07, 6.45) is 1.22. The molecule has 1 atom stereocenters. The third-order valence-corrected chi connectivity index (χ3v) is 6.45. The van der Waals surface area contributed by atoms with Crippen molar-refractivity contribution in [3.8, 4) is 22.9 Å². The molecule has 2 heterocycles. The third-order valence-electron chi connectivity index (χ3n) is 6.22. The summed E-state index contributed by atoms with van der Waals surface area (Å²) in [6, 6.07) is 12.8. The Kier molecular flexibility index (Phi) is 5.60. The lowest BCUT2D eigenvalue weighted by atomic mass is 9.73. The van der Waals surface area contributed by atoms with E-state index in [2.05, 4.69) is 19.2 Å². The molecular formula is C26H27ClN4O3. The van der Waals surface area contributed by atoms with Crippen molar-refractivity contribution in [2.24, 2.45) is 5.41 Å². The van der Waals surface area contributed by atoms with Crippen molar-refractivity contribution in [3.63, 3.8) is 0 Å². The van der Waals surface area contributed by atoms with Gasteiger partial charge in [0.1, 0.15) is 6.04 Å². The molecule has 3 aromatic rings. The highest BCUT2D eigenvalue weighted by atomic mass is 35.5. The van der Waals surface area contributed by atoms with Crippen molar-refractivity contribution in [2.45, 2.75) is 39.7 Å². The molecule has 5 rings (SSSR count). The van der Waals surface area contributed by atoms with Gasteiger partial charge in [-0.3, -0.25) is 4.79 Å². The van der Waals surface area contributed by atoms with Gasteiger partial charge in [-0.15, -0.1) is 5.10 Å². The number of benzene rings is 2. The predicted octanol–water partition coefficient (Wildman–Crippen LogP) is 5.66. The fraction of sp³-hybridized carbons (Fsp3) is 0.346. The molecule has 0 amide bonds. The van der Waals surface area contributed by atoms with E-state index in [-0.39, 0.29) is 11.2 Å². The number of allylic oxidation sites excluding steroid dienone is 2. The number of nitrogens with one attached hydrogen (secondary N) is 1. The Balaban J connectivity index is 1.68. The van der Waals surface area contributed by atoms with E-state index in [1.807, 2.05) is 49.4 Å². The van der Waals surface area contributed by atoms with Crippen LogP contribution in [0.4, 0.5) is 5.95 Å². The summed E-state index contributed by atoms with van der Waals surface area (Å²) < 4.78 is 13.1. The molecule has 0 spiro atoms. The van der Waals surface area contributed by atoms with Gasteiger partial charge in [-0.2, -0.15) is 4.98 Å². The Hall–Kier alpha value is -3.32. The van der Waals surface area contributed by atoms with Crippen LogP contribution in [0, 0.1) is 5.41 Å². The number of aromatic nitrogens is 3. The molecule has 34 heavy (non-hydrogen) atoms. The number of nitrogens with zero attached hydrogens (tertiary/aromatic N) is 3. The van der Waals surface area contributed by atoms with E-state index >= 15 is 0 Å². The van der Waals surface area contributed by atoms with Crippen molar-refractivity contribution in [1.29, 1.82) is 0 Å². The average Bonchev–Trinajstić information content (AvgIpc) is 3.21. The lowest BCUT2D eigenvalue weighted by Crippen LogP contribution is -2.36. The minimum Gasteiger partial charge on any atom is -0.493 e. The number of ketones is 1. The van der Waals surface area contributed by atoms with Crippen molar-refractivity contribution in [1.82, 2.24) is 14.8 Å². The first-order valence-electron chi connectivity index (χ1n) is 11.4. The molecule has 8 heteroatoms. The van der Waals surface area contributed by atoms with Gasteiger partial charge in [0.15, 0.2) is 23.1 Å². The van der Waals surface area contributed by atoms with E-state index in [9.17, 15) is 4.79 Å².